The molecule has 0 bridgehead atoms. The highest BCUT2D eigenvalue weighted by molar-refractivity contribution is 7.00. The number of hydrogen-bond acceptors (Lipinski definition) is 7. The zero-order valence-corrected chi connectivity index (χ0v) is 19.9. The van der Waals surface area contributed by atoms with Crippen LogP contribution in [0.2, 0.25) is 0 Å². The van der Waals surface area contributed by atoms with E-state index in [0.717, 1.165) is 11.7 Å². The van der Waals surface area contributed by atoms with Gasteiger partial charge >= 0.3 is 5.97 Å². The Morgan fingerprint density at radius 3 is 2.26 bits per heavy atom. The first-order valence-corrected chi connectivity index (χ1v) is 11.6. The number of nitriles is 1. The first-order chi connectivity index (χ1) is 16.9. The smallest absolute Gasteiger partial charge is 0.336 e. The van der Waals surface area contributed by atoms with Crippen molar-refractivity contribution in [1.82, 2.24) is 8.75 Å². The number of Topliss-reactive ketones (excluding diaryl/α,β-unsaturated/α-hetero) is 1. The second-order valence-electron chi connectivity index (χ2n) is 8.13. The fourth-order valence-electron chi connectivity index (χ4n) is 3.68. The third-order valence-electron chi connectivity index (χ3n) is 5.28. The van der Waals surface area contributed by atoms with E-state index < -0.39 is 11.8 Å². The number of aromatic nitrogens is 2. The number of fused-ring (bicyclic) bond motifs is 1. The molecule has 174 valence electrons. The lowest BCUT2D eigenvalue weighted by Crippen LogP contribution is -2.14. The number of benzene rings is 3. The predicted molar refractivity (Wildman–Crippen MR) is 133 cm³/mol. The third kappa shape index (κ3) is 5.42. The maximum Gasteiger partial charge on any atom is 0.336 e. The summed E-state index contributed by atoms with van der Waals surface area (Å²) in [6, 6.07) is 20.4. The van der Waals surface area contributed by atoms with E-state index in [9.17, 15) is 14.7 Å². The Labute approximate surface area is 206 Å². The molecule has 0 aliphatic carbocycles. The van der Waals surface area contributed by atoms with Crippen molar-refractivity contribution in [3.63, 3.8) is 0 Å². The first-order valence-electron chi connectivity index (χ1n) is 10.9. The molecule has 0 saturated heterocycles. The molecule has 0 unspecified atom stereocenters. The van der Waals surface area contributed by atoms with E-state index in [0.29, 0.717) is 39.0 Å². The van der Waals surface area contributed by atoms with E-state index in [2.05, 4.69) is 14.8 Å². The van der Waals surface area contributed by atoms with Crippen LogP contribution >= 0.6 is 11.7 Å². The van der Waals surface area contributed by atoms with Gasteiger partial charge in [0.1, 0.15) is 16.8 Å². The van der Waals surface area contributed by atoms with E-state index in [1.54, 1.807) is 66.7 Å². The summed E-state index contributed by atoms with van der Waals surface area (Å²) in [7, 11) is 0. The number of rotatable bonds is 8. The molecule has 1 aromatic heterocycles. The first kappa shape index (κ1) is 23.8. The van der Waals surface area contributed by atoms with E-state index in [1.165, 1.54) is 0 Å². The van der Waals surface area contributed by atoms with Crippen molar-refractivity contribution in [2.24, 2.45) is 0 Å². The van der Waals surface area contributed by atoms with Crippen LogP contribution in [0.25, 0.3) is 16.6 Å². The number of carboxylic acid groups (broad SMARTS) is 1. The van der Waals surface area contributed by atoms with Crippen LogP contribution in [0.5, 0.6) is 5.75 Å². The highest BCUT2D eigenvalue weighted by Crippen LogP contribution is 2.28. The lowest BCUT2D eigenvalue weighted by molar-refractivity contribution is -0.130. The van der Waals surface area contributed by atoms with Crippen LogP contribution < -0.4 is 4.74 Å². The number of carbonyl (C=O) groups is 2. The van der Waals surface area contributed by atoms with Gasteiger partial charge < -0.3 is 9.84 Å². The van der Waals surface area contributed by atoms with Crippen molar-refractivity contribution in [2.45, 2.75) is 26.4 Å². The second-order valence-corrected chi connectivity index (χ2v) is 8.66. The number of carbonyl (C=O) groups excluding carboxylic acids is 1. The number of ether oxygens (including phenoxy) is 1. The molecule has 35 heavy (non-hydrogen) atoms. The summed E-state index contributed by atoms with van der Waals surface area (Å²) in [5, 5.41) is 19.3. The molecule has 0 aliphatic heterocycles. The molecule has 0 spiro atoms. The molecule has 4 aromatic rings. The van der Waals surface area contributed by atoms with E-state index in [-0.39, 0.29) is 23.7 Å². The zero-order chi connectivity index (χ0) is 24.9. The van der Waals surface area contributed by atoms with E-state index in [4.69, 9.17) is 10.00 Å². The largest absolute Gasteiger partial charge is 0.491 e. The van der Waals surface area contributed by atoms with Gasteiger partial charge in [-0.25, -0.2) is 4.79 Å². The van der Waals surface area contributed by atoms with Gasteiger partial charge in [0.2, 0.25) is 0 Å². The van der Waals surface area contributed by atoms with Crippen LogP contribution in [0.1, 0.15) is 40.9 Å². The Bertz CT molecular complexity index is 1460. The van der Waals surface area contributed by atoms with Gasteiger partial charge in [0, 0.05) is 17.6 Å². The Morgan fingerprint density at radius 2 is 1.63 bits per heavy atom. The molecule has 0 radical (unpaired) electrons. The molecule has 1 N–H and O–H groups in total. The number of allylic oxidation sites excluding steroid dienone is 1. The van der Waals surface area contributed by atoms with Gasteiger partial charge in [-0.1, -0.05) is 18.2 Å². The molecular weight excluding hydrogens is 462 g/mol. The fourth-order valence-corrected chi connectivity index (χ4v) is 4.20. The third-order valence-corrected chi connectivity index (χ3v) is 5.84. The normalized spacial score (nSPS) is 11.7. The summed E-state index contributed by atoms with van der Waals surface area (Å²) in [6.45, 7) is 3.82. The Hall–Kier alpha value is -4.35. The number of ketones is 1. The average Bonchev–Trinajstić information content (AvgIpc) is 3.31. The summed E-state index contributed by atoms with van der Waals surface area (Å²) >= 11 is 1.04. The summed E-state index contributed by atoms with van der Waals surface area (Å²) in [4.78, 5) is 26.2. The number of carboxylic acids is 1. The van der Waals surface area contributed by atoms with Gasteiger partial charge in [-0.05, 0) is 73.5 Å². The number of aliphatic carboxylic acids is 1. The van der Waals surface area contributed by atoms with Crippen molar-refractivity contribution in [1.29, 1.82) is 5.26 Å². The number of hydrogen-bond donors (Lipinski definition) is 1. The Balaban J connectivity index is 1.84. The fraction of sp³-hybridized carbons (Fsp3) is 0.148. The molecule has 0 aliphatic rings. The highest BCUT2D eigenvalue weighted by atomic mass is 32.1. The monoisotopic (exact) mass is 483 g/mol. The minimum absolute atomic E-state index is 0.0166. The predicted octanol–water partition coefficient (Wildman–Crippen LogP) is 5.31. The van der Waals surface area contributed by atoms with Crippen molar-refractivity contribution in [3.05, 3.63) is 94.6 Å². The standard InChI is InChI=1S/C27H21N3O4S/c1-16(2)34-21-10-7-19(8-11-21)26(31)22(13-17-3-5-18(15-28)6-4-17)25(27(32)33)20-9-12-23-24(14-20)30-35-29-23/h3-12,14,16H,13H2,1-2H3,(H,32,33). The quantitative estimate of drug-likeness (QED) is 0.267. The van der Waals surface area contributed by atoms with Crippen molar-refractivity contribution in [2.75, 3.05) is 0 Å². The summed E-state index contributed by atoms with van der Waals surface area (Å²) in [6.07, 6.45) is 0.0566. The molecule has 3 aromatic carbocycles. The SMILES string of the molecule is CC(C)Oc1ccc(C(=O)C(Cc2ccc(C#N)cc2)=C(C(=O)O)c2ccc3nsnc3c2)cc1. The maximum atomic E-state index is 13.7. The molecule has 4 rings (SSSR count). The molecule has 1 heterocycles. The lowest BCUT2D eigenvalue weighted by atomic mass is 9.89. The van der Waals surface area contributed by atoms with Gasteiger partial charge in [0.25, 0.3) is 0 Å². The molecule has 8 heteroatoms. The van der Waals surface area contributed by atoms with Gasteiger partial charge in [-0.2, -0.15) is 14.0 Å². The van der Waals surface area contributed by atoms with Crippen LogP contribution in [0.4, 0.5) is 0 Å². The van der Waals surface area contributed by atoms with Crippen LogP contribution in [0, 0.1) is 11.3 Å². The van der Waals surface area contributed by atoms with E-state index in [1.807, 2.05) is 13.8 Å². The second kappa shape index (κ2) is 10.3. The Kier molecular flexibility index (Phi) is 6.99. The van der Waals surface area contributed by atoms with Crippen LogP contribution in [0.3, 0.4) is 0 Å². The topological polar surface area (TPSA) is 113 Å². The van der Waals surface area contributed by atoms with Gasteiger partial charge in [0.15, 0.2) is 5.78 Å². The number of nitrogens with zero attached hydrogens (tertiary/aromatic N) is 3. The summed E-state index contributed by atoms with van der Waals surface area (Å²) in [5.74, 6) is -1.00. The average molecular weight is 484 g/mol. The molecule has 0 atom stereocenters. The van der Waals surface area contributed by atoms with Crippen LogP contribution in [-0.4, -0.2) is 31.7 Å². The Morgan fingerprint density at radius 1 is 0.971 bits per heavy atom. The molecule has 0 fully saturated rings. The molecule has 0 saturated carbocycles. The van der Waals surface area contributed by atoms with Crippen LogP contribution in [0.15, 0.2) is 72.3 Å². The van der Waals surface area contributed by atoms with Crippen molar-refractivity contribution < 1.29 is 19.4 Å². The van der Waals surface area contributed by atoms with E-state index >= 15 is 0 Å². The van der Waals surface area contributed by atoms with Gasteiger partial charge in [0.05, 0.1) is 35.0 Å². The zero-order valence-electron chi connectivity index (χ0n) is 19.1. The minimum Gasteiger partial charge on any atom is -0.491 e. The molecule has 7 nitrogen and oxygen atoms in total. The van der Waals surface area contributed by atoms with Gasteiger partial charge in [-0.15, -0.1) is 0 Å². The molecule has 0 amide bonds. The van der Waals surface area contributed by atoms with Crippen molar-refractivity contribution >= 4 is 40.1 Å². The van der Waals surface area contributed by atoms with Crippen molar-refractivity contribution in [3.8, 4) is 11.8 Å². The van der Waals surface area contributed by atoms with Crippen LogP contribution in [-0.2, 0) is 11.2 Å². The highest BCUT2D eigenvalue weighted by Gasteiger charge is 2.24. The van der Waals surface area contributed by atoms with Gasteiger partial charge in [-0.3, -0.25) is 4.79 Å². The minimum atomic E-state index is -1.22. The summed E-state index contributed by atoms with van der Waals surface area (Å²) in [5.41, 5.74) is 3.15. The lowest BCUT2D eigenvalue weighted by Gasteiger charge is -2.14. The maximum absolute atomic E-state index is 13.7. The summed E-state index contributed by atoms with van der Waals surface area (Å²) < 4.78 is 14.0. The molecular formula is C27H21N3O4S.